The summed E-state index contributed by atoms with van der Waals surface area (Å²) in [6.45, 7) is 4.55. The highest BCUT2D eigenvalue weighted by molar-refractivity contribution is 5.62. The molecular formula is C19H22N4O. The van der Waals surface area contributed by atoms with Crippen molar-refractivity contribution in [3.63, 3.8) is 0 Å². The van der Waals surface area contributed by atoms with Crippen molar-refractivity contribution in [2.45, 2.75) is 13.5 Å². The van der Waals surface area contributed by atoms with Gasteiger partial charge in [0.2, 0.25) is 0 Å². The van der Waals surface area contributed by atoms with Crippen LogP contribution in [-0.2, 0) is 6.54 Å². The number of hydrogen-bond acceptors (Lipinski definition) is 4. The van der Waals surface area contributed by atoms with Crippen molar-refractivity contribution in [1.29, 1.82) is 0 Å². The van der Waals surface area contributed by atoms with Crippen LogP contribution < -0.4 is 0 Å². The minimum absolute atomic E-state index is 0.158. The first-order valence-electron chi connectivity index (χ1n) is 8.19. The fraction of sp³-hybridized carbons (Fsp3) is 0.263. The van der Waals surface area contributed by atoms with Gasteiger partial charge in [-0.15, -0.1) is 0 Å². The zero-order valence-corrected chi connectivity index (χ0v) is 13.8. The summed E-state index contributed by atoms with van der Waals surface area (Å²) < 4.78 is 1.91. The molecule has 5 heteroatoms. The topological polar surface area (TPSA) is 54.2 Å². The molecule has 1 aromatic carbocycles. The summed E-state index contributed by atoms with van der Waals surface area (Å²) in [5.41, 5.74) is 4.18. The molecular weight excluding hydrogens is 300 g/mol. The Bertz CT molecular complexity index is 756. The van der Waals surface area contributed by atoms with Crippen LogP contribution in [-0.4, -0.2) is 44.5 Å². The summed E-state index contributed by atoms with van der Waals surface area (Å²) in [5.74, 6) is 0. The maximum atomic E-state index is 9.24. The summed E-state index contributed by atoms with van der Waals surface area (Å²) in [7, 11) is 0. The second kappa shape index (κ2) is 7.86. The first-order chi connectivity index (χ1) is 11.8. The van der Waals surface area contributed by atoms with E-state index in [2.05, 4.69) is 23.0 Å². The van der Waals surface area contributed by atoms with Crippen LogP contribution in [0, 0.1) is 0 Å². The van der Waals surface area contributed by atoms with E-state index < -0.39 is 0 Å². The molecule has 0 saturated carbocycles. The number of pyridine rings is 1. The van der Waals surface area contributed by atoms with Gasteiger partial charge in [0.25, 0.3) is 0 Å². The molecule has 5 nitrogen and oxygen atoms in total. The van der Waals surface area contributed by atoms with E-state index in [1.165, 1.54) is 0 Å². The first kappa shape index (κ1) is 16.4. The number of nitrogens with zero attached hydrogens (tertiary/aromatic N) is 4. The standard InChI is InChI=1S/C19H22N4O/c1-2-22(12-13-24)14-17-15-23(18-6-4-3-5-7-18)21-19(17)16-8-10-20-11-9-16/h3-11,15,24H,2,12-14H2,1H3. The van der Waals surface area contributed by atoms with Crippen molar-refractivity contribution < 1.29 is 5.11 Å². The summed E-state index contributed by atoms with van der Waals surface area (Å²) in [6, 6.07) is 14.0. The number of hydrogen-bond donors (Lipinski definition) is 1. The van der Waals surface area contributed by atoms with Crippen molar-refractivity contribution in [3.05, 3.63) is 66.6 Å². The van der Waals surface area contributed by atoms with Crippen LogP contribution in [0.2, 0.25) is 0 Å². The van der Waals surface area contributed by atoms with Gasteiger partial charge in [-0.1, -0.05) is 25.1 Å². The third kappa shape index (κ3) is 3.69. The lowest BCUT2D eigenvalue weighted by atomic mass is 10.1. The largest absolute Gasteiger partial charge is 0.395 e. The third-order valence-electron chi connectivity index (χ3n) is 4.02. The highest BCUT2D eigenvalue weighted by atomic mass is 16.3. The molecule has 0 radical (unpaired) electrons. The van der Waals surface area contributed by atoms with Crippen LogP contribution in [0.25, 0.3) is 16.9 Å². The van der Waals surface area contributed by atoms with Gasteiger partial charge in [-0.05, 0) is 30.8 Å². The number of aliphatic hydroxyl groups excluding tert-OH is 1. The second-order valence-corrected chi connectivity index (χ2v) is 5.61. The molecule has 0 aliphatic rings. The molecule has 124 valence electrons. The predicted octanol–water partition coefficient (Wildman–Crippen LogP) is 2.75. The first-order valence-corrected chi connectivity index (χ1v) is 8.19. The van der Waals surface area contributed by atoms with Gasteiger partial charge in [0.1, 0.15) is 0 Å². The van der Waals surface area contributed by atoms with Crippen LogP contribution in [0.1, 0.15) is 12.5 Å². The third-order valence-corrected chi connectivity index (χ3v) is 4.02. The van der Waals surface area contributed by atoms with Crippen molar-refractivity contribution >= 4 is 0 Å². The van der Waals surface area contributed by atoms with Crippen molar-refractivity contribution in [3.8, 4) is 16.9 Å². The van der Waals surface area contributed by atoms with Gasteiger partial charge >= 0.3 is 0 Å². The normalized spacial score (nSPS) is 11.1. The summed E-state index contributed by atoms with van der Waals surface area (Å²) in [6.07, 6.45) is 5.64. The SMILES string of the molecule is CCN(CCO)Cc1cn(-c2ccccc2)nc1-c1ccncc1. The molecule has 0 saturated heterocycles. The van der Waals surface area contributed by atoms with Crippen molar-refractivity contribution in [1.82, 2.24) is 19.7 Å². The van der Waals surface area contributed by atoms with Crippen LogP contribution in [0.3, 0.4) is 0 Å². The Hall–Kier alpha value is -2.50. The van der Waals surface area contributed by atoms with E-state index in [4.69, 9.17) is 5.10 Å². The summed E-state index contributed by atoms with van der Waals surface area (Å²) in [4.78, 5) is 6.30. The van der Waals surface area contributed by atoms with Gasteiger partial charge in [0.05, 0.1) is 18.0 Å². The predicted molar refractivity (Wildman–Crippen MR) is 94.8 cm³/mol. The average molecular weight is 322 g/mol. The molecule has 0 fully saturated rings. The maximum Gasteiger partial charge on any atom is 0.0973 e. The van der Waals surface area contributed by atoms with Gasteiger partial charge < -0.3 is 5.11 Å². The van der Waals surface area contributed by atoms with Crippen molar-refractivity contribution in [2.24, 2.45) is 0 Å². The van der Waals surface area contributed by atoms with Crippen LogP contribution in [0.15, 0.2) is 61.1 Å². The molecule has 2 aromatic heterocycles. The quantitative estimate of drug-likeness (QED) is 0.727. The fourth-order valence-electron chi connectivity index (χ4n) is 2.72. The van der Waals surface area contributed by atoms with Gasteiger partial charge in [0, 0.05) is 42.8 Å². The van der Waals surface area contributed by atoms with E-state index in [1.807, 2.05) is 47.1 Å². The lowest BCUT2D eigenvalue weighted by Crippen LogP contribution is -2.26. The lowest BCUT2D eigenvalue weighted by molar-refractivity contribution is 0.197. The fourth-order valence-corrected chi connectivity index (χ4v) is 2.72. The zero-order valence-electron chi connectivity index (χ0n) is 13.8. The van der Waals surface area contributed by atoms with E-state index in [0.717, 1.165) is 35.6 Å². The Morgan fingerprint density at radius 2 is 1.83 bits per heavy atom. The van der Waals surface area contributed by atoms with Gasteiger partial charge in [-0.3, -0.25) is 9.88 Å². The minimum atomic E-state index is 0.158. The minimum Gasteiger partial charge on any atom is -0.395 e. The number of likely N-dealkylation sites (N-methyl/N-ethyl adjacent to an activating group) is 1. The number of para-hydroxylation sites is 1. The van der Waals surface area contributed by atoms with Crippen LogP contribution in [0.5, 0.6) is 0 Å². The molecule has 2 heterocycles. The van der Waals surface area contributed by atoms with Crippen LogP contribution in [0.4, 0.5) is 0 Å². The Labute approximate surface area is 142 Å². The van der Waals surface area contributed by atoms with E-state index in [0.29, 0.717) is 6.54 Å². The van der Waals surface area contributed by atoms with Crippen molar-refractivity contribution in [2.75, 3.05) is 19.7 Å². The molecule has 0 aliphatic carbocycles. The Kier molecular flexibility index (Phi) is 5.36. The molecule has 0 spiro atoms. The molecule has 0 atom stereocenters. The van der Waals surface area contributed by atoms with E-state index in [-0.39, 0.29) is 6.61 Å². The molecule has 1 N–H and O–H groups in total. The Balaban J connectivity index is 2.00. The Morgan fingerprint density at radius 1 is 1.08 bits per heavy atom. The smallest absolute Gasteiger partial charge is 0.0973 e. The average Bonchev–Trinajstić information content (AvgIpc) is 3.06. The maximum absolute atomic E-state index is 9.24. The summed E-state index contributed by atoms with van der Waals surface area (Å²) >= 11 is 0. The number of rotatable bonds is 7. The van der Waals surface area contributed by atoms with E-state index in [1.54, 1.807) is 12.4 Å². The van der Waals surface area contributed by atoms with Gasteiger partial charge in [0.15, 0.2) is 0 Å². The Morgan fingerprint density at radius 3 is 2.50 bits per heavy atom. The number of benzene rings is 1. The lowest BCUT2D eigenvalue weighted by Gasteiger charge is -2.18. The number of aliphatic hydroxyl groups is 1. The number of aromatic nitrogens is 3. The zero-order chi connectivity index (χ0) is 16.8. The van der Waals surface area contributed by atoms with E-state index >= 15 is 0 Å². The highest BCUT2D eigenvalue weighted by Gasteiger charge is 2.14. The molecule has 0 amide bonds. The molecule has 0 bridgehead atoms. The molecule has 0 aliphatic heterocycles. The molecule has 0 unspecified atom stereocenters. The molecule has 24 heavy (non-hydrogen) atoms. The highest BCUT2D eigenvalue weighted by Crippen LogP contribution is 2.24. The molecule has 3 rings (SSSR count). The van der Waals surface area contributed by atoms with Gasteiger partial charge in [-0.25, -0.2) is 4.68 Å². The van der Waals surface area contributed by atoms with E-state index in [9.17, 15) is 5.11 Å². The van der Waals surface area contributed by atoms with Gasteiger partial charge in [-0.2, -0.15) is 5.10 Å². The monoisotopic (exact) mass is 322 g/mol. The molecule has 3 aromatic rings. The second-order valence-electron chi connectivity index (χ2n) is 5.61. The summed E-state index contributed by atoms with van der Waals surface area (Å²) in [5, 5.41) is 14.0. The van der Waals surface area contributed by atoms with Crippen LogP contribution >= 0.6 is 0 Å².